The van der Waals surface area contributed by atoms with E-state index in [9.17, 15) is 4.21 Å². The third kappa shape index (κ3) is 3.09. The number of para-hydroxylation sites is 1. The van der Waals surface area contributed by atoms with Crippen LogP contribution >= 0.6 is 0 Å². The Hall–Kier alpha value is -0.207. The summed E-state index contributed by atoms with van der Waals surface area (Å²) in [5.41, 5.74) is 0. The van der Waals surface area contributed by atoms with Crippen molar-refractivity contribution in [1.82, 2.24) is 0 Å². The smallest absolute Gasteiger partial charge is 0.193 e. The molecule has 0 amide bonds. The van der Waals surface area contributed by atoms with Crippen LogP contribution in [-0.4, -0.2) is 4.21 Å². The Labute approximate surface area is 76.0 Å². The van der Waals surface area contributed by atoms with Crippen LogP contribution in [0.2, 0.25) is 0 Å². The van der Waals surface area contributed by atoms with Gasteiger partial charge in [-0.1, -0.05) is 18.2 Å². The van der Waals surface area contributed by atoms with Crippen molar-refractivity contribution >= 4 is 11.9 Å². The minimum absolute atomic E-state index is 0. The quantitative estimate of drug-likeness (QED) is 0.577. The molecule has 0 aliphatic heterocycles. The minimum Gasteiger partial charge on any atom is -0.403 e. The van der Waals surface area contributed by atoms with Gasteiger partial charge in [-0.05, 0) is 12.1 Å². The Morgan fingerprint density at radius 1 is 1.20 bits per heavy atom. The van der Waals surface area contributed by atoms with Gasteiger partial charge < -0.3 is 4.18 Å². The van der Waals surface area contributed by atoms with E-state index < -0.39 is 0 Å². The van der Waals surface area contributed by atoms with E-state index in [0.29, 0.717) is 5.75 Å². The van der Waals surface area contributed by atoms with Crippen molar-refractivity contribution in [1.29, 1.82) is 0 Å². The van der Waals surface area contributed by atoms with Crippen molar-refractivity contribution in [3.05, 3.63) is 30.3 Å². The molecule has 0 radical (unpaired) electrons. The van der Waals surface area contributed by atoms with Gasteiger partial charge in [0.25, 0.3) is 0 Å². The zero-order valence-electron chi connectivity index (χ0n) is 5.36. The minimum atomic E-state index is -0.305. The van der Waals surface area contributed by atoms with E-state index >= 15 is 0 Å². The van der Waals surface area contributed by atoms with Crippen LogP contribution in [0.4, 0.5) is 0 Å². The zero-order valence-corrected chi connectivity index (χ0v) is 9.22. The molecule has 0 aromatic heterocycles. The predicted octanol–water partition coefficient (Wildman–Crippen LogP) is 0.923. The molecule has 0 aliphatic carbocycles. The molecule has 0 spiro atoms. The van der Waals surface area contributed by atoms with Crippen LogP contribution in [0.3, 0.4) is 0 Å². The molecule has 4 heteroatoms. The Balaban J connectivity index is 0.000000810. The normalized spacial score (nSPS) is 8.00. The Kier molecular flexibility index (Phi) is 5.45. The number of hydrogen-bond acceptors (Lipinski definition) is 2. The van der Waals surface area contributed by atoms with Crippen molar-refractivity contribution in [2.45, 2.75) is 0 Å². The molecule has 0 bridgehead atoms. The maximum absolute atomic E-state index is 9.85. The summed E-state index contributed by atoms with van der Waals surface area (Å²) in [6, 6.07) is 8.99. The molecule has 0 atom stereocenters. The molecule has 0 aliphatic rings. The van der Waals surface area contributed by atoms with Crippen LogP contribution < -0.4 is 4.18 Å². The van der Waals surface area contributed by atoms with Crippen LogP contribution in [-0.2, 0) is 31.4 Å². The average Bonchev–Trinajstić information content (AvgIpc) is 1.91. The fourth-order valence-electron chi connectivity index (χ4n) is 0.524. The molecule has 50 valence electrons. The second-order valence-corrected chi connectivity index (χ2v) is 1.81. The van der Waals surface area contributed by atoms with Gasteiger partial charge in [0.1, 0.15) is 5.75 Å². The topological polar surface area (TPSA) is 26.3 Å². The third-order valence-electron chi connectivity index (χ3n) is 0.886. The van der Waals surface area contributed by atoms with Gasteiger partial charge >= 0.3 is 0 Å². The molecule has 0 N–H and O–H groups in total. The second-order valence-electron chi connectivity index (χ2n) is 1.48. The molecule has 10 heavy (non-hydrogen) atoms. The van der Waals surface area contributed by atoms with Crippen LogP contribution in [0.5, 0.6) is 5.75 Å². The summed E-state index contributed by atoms with van der Waals surface area (Å²) in [7, 11) is 0. The summed E-state index contributed by atoms with van der Waals surface area (Å²) in [5, 5.41) is 0. The standard InChI is InChI=1S/C6H6O2S.Zn/c7-9-8-6-4-2-1-3-5-6;/h1-5,9H;. The second kappa shape index (κ2) is 5.57. The van der Waals surface area contributed by atoms with E-state index in [-0.39, 0.29) is 31.4 Å². The Morgan fingerprint density at radius 2 is 1.80 bits per heavy atom. The van der Waals surface area contributed by atoms with Gasteiger partial charge in [0.2, 0.25) is 0 Å². The van der Waals surface area contributed by atoms with Crippen LogP contribution in [0.15, 0.2) is 30.3 Å². The first-order valence-corrected chi connectivity index (χ1v) is 3.21. The Bertz CT molecular complexity index is 190. The Morgan fingerprint density at radius 3 is 2.30 bits per heavy atom. The first kappa shape index (κ1) is 9.79. The summed E-state index contributed by atoms with van der Waals surface area (Å²) in [6.07, 6.45) is 0. The summed E-state index contributed by atoms with van der Waals surface area (Å²) in [5.74, 6) is 0.620. The molecule has 2 nitrogen and oxygen atoms in total. The molecule has 0 saturated carbocycles. The van der Waals surface area contributed by atoms with Gasteiger partial charge in [-0.2, -0.15) is 0 Å². The summed E-state index contributed by atoms with van der Waals surface area (Å²) in [4.78, 5) is 0. The van der Waals surface area contributed by atoms with Gasteiger partial charge in [-0.15, -0.1) is 0 Å². The fraction of sp³-hybridized carbons (Fsp3) is 0. The first-order valence-electron chi connectivity index (χ1n) is 2.48. The van der Waals surface area contributed by atoms with E-state index in [0.717, 1.165) is 0 Å². The van der Waals surface area contributed by atoms with Gasteiger partial charge in [0.05, 0.1) is 0 Å². The number of rotatable bonds is 2. The fourth-order valence-corrected chi connectivity index (χ4v) is 0.732. The number of thiol groups is 1. The molecular formula is C6H6O2SZn. The molecule has 1 rings (SSSR count). The van der Waals surface area contributed by atoms with Gasteiger partial charge in [0, 0.05) is 19.5 Å². The van der Waals surface area contributed by atoms with Crippen LogP contribution in [0.25, 0.3) is 0 Å². The molecule has 0 fully saturated rings. The maximum atomic E-state index is 9.85. The van der Waals surface area contributed by atoms with Crippen LogP contribution in [0, 0.1) is 0 Å². The zero-order chi connectivity index (χ0) is 6.53. The van der Waals surface area contributed by atoms with Crippen molar-refractivity contribution in [2.24, 2.45) is 0 Å². The molecule has 0 heterocycles. The molecule has 0 unspecified atom stereocenters. The molecule has 1 aromatic carbocycles. The van der Waals surface area contributed by atoms with Gasteiger partial charge in [-0.25, -0.2) is 4.21 Å². The van der Waals surface area contributed by atoms with Crippen LogP contribution in [0.1, 0.15) is 0 Å². The van der Waals surface area contributed by atoms with Crippen molar-refractivity contribution in [2.75, 3.05) is 0 Å². The summed E-state index contributed by atoms with van der Waals surface area (Å²) < 4.78 is 14.5. The summed E-state index contributed by atoms with van der Waals surface area (Å²) >= 11 is -0.305. The largest absolute Gasteiger partial charge is 0.403 e. The van der Waals surface area contributed by atoms with Crippen molar-refractivity contribution in [3.63, 3.8) is 0 Å². The first-order chi connectivity index (χ1) is 4.43. The van der Waals surface area contributed by atoms with E-state index in [1.54, 1.807) is 12.1 Å². The van der Waals surface area contributed by atoms with E-state index in [1.807, 2.05) is 18.2 Å². The van der Waals surface area contributed by atoms with E-state index in [4.69, 9.17) is 0 Å². The SMILES string of the molecule is O=[SH]Oc1ccccc1.[Zn]. The molecule has 1 aromatic rings. The van der Waals surface area contributed by atoms with Crippen molar-refractivity contribution < 1.29 is 27.9 Å². The van der Waals surface area contributed by atoms with Gasteiger partial charge in [-0.3, -0.25) is 0 Å². The average molecular weight is 208 g/mol. The van der Waals surface area contributed by atoms with Gasteiger partial charge in [0.15, 0.2) is 11.9 Å². The maximum Gasteiger partial charge on any atom is 0.193 e. The predicted molar refractivity (Wildman–Crippen MR) is 36.6 cm³/mol. The number of benzene rings is 1. The summed E-state index contributed by atoms with van der Waals surface area (Å²) in [6.45, 7) is 0. The van der Waals surface area contributed by atoms with E-state index in [1.165, 1.54) is 0 Å². The molecule has 0 saturated heterocycles. The van der Waals surface area contributed by atoms with Crippen molar-refractivity contribution in [3.8, 4) is 5.75 Å². The third-order valence-corrected chi connectivity index (χ3v) is 1.17. The monoisotopic (exact) mass is 206 g/mol. The number of hydrogen-bond donors (Lipinski definition) is 1. The van der Waals surface area contributed by atoms with E-state index in [2.05, 4.69) is 4.18 Å². The molecular weight excluding hydrogens is 202 g/mol.